The molecule has 3 heterocycles. The van der Waals surface area contributed by atoms with Crippen LogP contribution in [0.5, 0.6) is 0 Å². The van der Waals surface area contributed by atoms with E-state index in [0.29, 0.717) is 17.5 Å². The van der Waals surface area contributed by atoms with E-state index in [-0.39, 0.29) is 0 Å². The standard InChI is InChI=1S/C57H37N5/c1-5-18-38(19-6-1)42-32-35-52(49(37-42)39-20-7-2-8-21-39)62-51-31-16-14-29-46(51)48-34-33-47-45-28-13-15-30-50(45)61(53(47)54(48)62)44-27-17-26-43(36-44)57-59-55(40-22-9-3-10-23-40)58-56(60-57)41-24-11-4-12-25-41/h1-37H. The highest BCUT2D eigenvalue weighted by atomic mass is 15.1. The summed E-state index contributed by atoms with van der Waals surface area (Å²) in [5, 5.41) is 4.76. The molecule has 0 amide bonds. The summed E-state index contributed by atoms with van der Waals surface area (Å²) in [6.07, 6.45) is 0. The molecule has 0 aliphatic heterocycles. The van der Waals surface area contributed by atoms with Crippen molar-refractivity contribution in [1.29, 1.82) is 0 Å². The maximum atomic E-state index is 5.11. The van der Waals surface area contributed by atoms with E-state index < -0.39 is 0 Å². The van der Waals surface area contributed by atoms with E-state index in [0.717, 1.165) is 61.3 Å². The van der Waals surface area contributed by atoms with Crippen LogP contribution < -0.4 is 0 Å². The van der Waals surface area contributed by atoms with Crippen molar-refractivity contribution in [2.24, 2.45) is 0 Å². The zero-order valence-electron chi connectivity index (χ0n) is 33.6. The van der Waals surface area contributed by atoms with Crippen molar-refractivity contribution in [3.8, 4) is 67.8 Å². The van der Waals surface area contributed by atoms with E-state index in [9.17, 15) is 0 Å². The van der Waals surface area contributed by atoms with E-state index in [1.807, 2.05) is 60.7 Å². The summed E-state index contributed by atoms with van der Waals surface area (Å²) in [7, 11) is 0. The lowest BCUT2D eigenvalue weighted by Gasteiger charge is -2.17. The second kappa shape index (κ2) is 14.7. The summed E-state index contributed by atoms with van der Waals surface area (Å²) in [4.78, 5) is 15.2. The van der Waals surface area contributed by atoms with Crippen molar-refractivity contribution in [2.45, 2.75) is 0 Å². The Hall–Kier alpha value is -8.41. The largest absolute Gasteiger partial charge is 0.307 e. The number of para-hydroxylation sites is 2. The minimum atomic E-state index is 0.616. The van der Waals surface area contributed by atoms with Crippen LogP contribution in [0, 0.1) is 0 Å². The Kier molecular flexibility index (Phi) is 8.42. The molecule has 0 aliphatic carbocycles. The van der Waals surface area contributed by atoms with Gasteiger partial charge in [0.2, 0.25) is 0 Å². The zero-order valence-corrected chi connectivity index (χ0v) is 33.6. The Bertz CT molecular complexity index is 3550. The predicted molar refractivity (Wildman–Crippen MR) is 256 cm³/mol. The Labute approximate surface area is 358 Å². The summed E-state index contributed by atoms with van der Waals surface area (Å²) in [5.74, 6) is 1.89. The van der Waals surface area contributed by atoms with Gasteiger partial charge in [-0.05, 0) is 53.1 Å². The van der Waals surface area contributed by atoms with Gasteiger partial charge < -0.3 is 9.13 Å². The van der Waals surface area contributed by atoms with E-state index in [1.54, 1.807) is 0 Å². The third kappa shape index (κ3) is 5.90. The minimum absolute atomic E-state index is 0.616. The molecule has 5 nitrogen and oxygen atoms in total. The van der Waals surface area contributed by atoms with E-state index >= 15 is 0 Å². The SMILES string of the molecule is c1ccc(-c2ccc(-n3c4ccccc4c4ccc5c6ccccc6n(-c6cccc(-c7nc(-c8ccccc8)nc(-c8ccccc8)n7)c6)c5c43)c(-c3ccccc3)c2)cc1. The van der Waals surface area contributed by atoms with Crippen LogP contribution in [-0.2, 0) is 0 Å². The Morgan fingerprint density at radius 1 is 0.274 bits per heavy atom. The predicted octanol–water partition coefficient (Wildman–Crippen LogP) is 14.4. The Balaban J connectivity index is 1.15. The number of hydrogen-bond donors (Lipinski definition) is 0. The van der Waals surface area contributed by atoms with Crippen molar-refractivity contribution in [3.05, 3.63) is 224 Å². The van der Waals surface area contributed by atoms with Crippen LogP contribution in [0.3, 0.4) is 0 Å². The van der Waals surface area contributed by atoms with Crippen LogP contribution in [0.2, 0.25) is 0 Å². The highest BCUT2D eigenvalue weighted by Gasteiger charge is 2.23. The minimum Gasteiger partial charge on any atom is -0.307 e. The number of hydrogen-bond acceptors (Lipinski definition) is 3. The van der Waals surface area contributed by atoms with Crippen molar-refractivity contribution >= 4 is 43.6 Å². The average Bonchev–Trinajstić information content (AvgIpc) is 3.88. The van der Waals surface area contributed by atoms with Crippen LogP contribution >= 0.6 is 0 Å². The van der Waals surface area contributed by atoms with Gasteiger partial charge in [-0.15, -0.1) is 0 Å². The van der Waals surface area contributed by atoms with Gasteiger partial charge in [-0.25, -0.2) is 15.0 Å². The van der Waals surface area contributed by atoms with Gasteiger partial charge in [-0.3, -0.25) is 0 Å². The summed E-state index contributed by atoms with van der Waals surface area (Å²) in [6, 6.07) is 79.4. The van der Waals surface area contributed by atoms with Crippen molar-refractivity contribution < 1.29 is 0 Å². The van der Waals surface area contributed by atoms with Gasteiger partial charge >= 0.3 is 0 Å². The molecule has 0 saturated heterocycles. The normalized spacial score (nSPS) is 11.5. The van der Waals surface area contributed by atoms with E-state index in [4.69, 9.17) is 15.0 Å². The first-order chi connectivity index (χ1) is 30.8. The summed E-state index contributed by atoms with van der Waals surface area (Å²) < 4.78 is 4.93. The summed E-state index contributed by atoms with van der Waals surface area (Å²) >= 11 is 0. The summed E-state index contributed by atoms with van der Waals surface area (Å²) in [6.45, 7) is 0. The van der Waals surface area contributed by atoms with Gasteiger partial charge in [-0.2, -0.15) is 0 Å². The van der Waals surface area contributed by atoms with Crippen LogP contribution in [0.1, 0.15) is 0 Å². The molecule has 0 atom stereocenters. The molecule has 5 heteroatoms. The Morgan fingerprint density at radius 2 is 0.726 bits per heavy atom. The summed E-state index contributed by atoms with van der Waals surface area (Å²) in [5.41, 5.74) is 14.2. The molecule has 0 spiro atoms. The van der Waals surface area contributed by atoms with Crippen LogP contribution in [0.15, 0.2) is 224 Å². The van der Waals surface area contributed by atoms with Crippen LogP contribution in [-0.4, -0.2) is 24.1 Å². The lowest BCUT2D eigenvalue weighted by molar-refractivity contribution is 1.07. The van der Waals surface area contributed by atoms with Crippen LogP contribution in [0.25, 0.3) is 111 Å². The number of rotatable bonds is 7. The van der Waals surface area contributed by atoms with Crippen molar-refractivity contribution in [3.63, 3.8) is 0 Å². The maximum Gasteiger partial charge on any atom is 0.164 e. The molecule has 0 fully saturated rings. The molecular formula is C57H37N5. The lowest BCUT2D eigenvalue weighted by atomic mass is 9.97. The van der Waals surface area contributed by atoms with Crippen molar-refractivity contribution in [1.82, 2.24) is 24.1 Å². The number of nitrogens with zero attached hydrogens (tertiary/aromatic N) is 5. The second-order valence-electron chi connectivity index (χ2n) is 15.6. The first-order valence-electron chi connectivity index (χ1n) is 21.0. The number of fused-ring (bicyclic) bond motifs is 7. The van der Waals surface area contributed by atoms with Crippen molar-refractivity contribution in [2.75, 3.05) is 0 Å². The molecular weight excluding hydrogens is 755 g/mol. The molecule has 0 N–H and O–H groups in total. The maximum absolute atomic E-state index is 5.11. The topological polar surface area (TPSA) is 48.5 Å². The lowest BCUT2D eigenvalue weighted by Crippen LogP contribution is -2.02. The fourth-order valence-electron chi connectivity index (χ4n) is 9.13. The first-order valence-corrected chi connectivity index (χ1v) is 21.0. The molecule has 9 aromatic carbocycles. The van der Waals surface area contributed by atoms with Gasteiger partial charge in [0.15, 0.2) is 17.5 Å². The highest BCUT2D eigenvalue weighted by molar-refractivity contribution is 6.24. The molecule has 0 aliphatic rings. The molecule has 0 saturated carbocycles. The first kappa shape index (κ1) is 35.5. The molecule has 12 rings (SSSR count). The molecule has 3 aromatic heterocycles. The average molecular weight is 792 g/mol. The molecule has 290 valence electrons. The third-order valence-electron chi connectivity index (χ3n) is 12.0. The van der Waals surface area contributed by atoms with Crippen LogP contribution in [0.4, 0.5) is 0 Å². The smallest absolute Gasteiger partial charge is 0.164 e. The zero-order chi connectivity index (χ0) is 41.0. The molecule has 0 unspecified atom stereocenters. The fraction of sp³-hybridized carbons (Fsp3) is 0. The highest BCUT2D eigenvalue weighted by Crippen LogP contribution is 2.44. The molecule has 62 heavy (non-hydrogen) atoms. The number of aromatic nitrogens is 5. The van der Waals surface area contributed by atoms with E-state index in [2.05, 4.69) is 173 Å². The quantitative estimate of drug-likeness (QED) is 0.162. The molecule has 0 radical (unpaired) electrons. The van der Waals surface area contributed by atoms with E-state index in [1.165, 1.54) is 32.7 Å². The second-order valence-corrected chi connectivity index (χ2v) is 15.6. The Morgan fingerprint density at radius 3 is 1.31 bits per heavy atom. The van der Waals surface area contributed by atoms with Gasteiger partial charge in [0.25, 0.3) is 0 Å². The van der Waals surface area contributed by atoms with Gasteiger partial charge in [0.1, 0.15) is 0 Å². The monoisotopic (exact) mass is 791 g/mol. The number of benzene rings is 9. The van der Waals surface area contributed by atoms with Gasteiger partial charge in [-0.1, -0.05) is 188 Å². The fourth-order valence-corrected chi connectivity index (χ4v) is 9.13. The molecule has 12 aromatic rings. The van der Waals surface area contributed by atoms with Gasteiger partial charge in [0.05, 0.1) is 27.8 Å². The van der Waals surface area contributed by atoms with Gasteiger partial charge in [0, 0.05) is 49.5 Å². The molecule has 0 bridgehead atoms. The third-order valence-corrected chi connectivity index (χ3v) is 12.0.